The smallest absolute Gasteiger partial charge is 0.282 e. The molecule has 2 aromatic carbocycles. The van der Waals surface area contributed by atoms with Gasteiger partial charge in [0.15, 0.2) is 5.83 Å². The van der Waals surface area contributed by atoms with Gasteiger partial charge in [0.25, 0.3) is 5.91 Å². The van der Waals surface area contributed by atoms with Crippen molar-refractivity contribution in [2.24, 2.45) is 0 Å². The molecule has 1 amide bonds. The highest BCUT2D eigenvalue weighted by atomic mass is 19.1. The number of carbonyl (C=O) groups is 1. The molecule has 0 N–H and O–H groups in total. The van der Waals surface area contributed by atoms with Crippen molar-refractivity contribution >= 4 is 12.0 Å². The summed E-state index contributed by atoms with van der Waals surface area (Å²) in [7, 11) is 0. The molecule has 0 bridgehead atoms. The zero-order valence-electron chi connectivity index (χ0n) is 17.0. The molecule has 0 aliphatic carbocycles. The van der Waals surface area contributed by atoms with Crippen LogP contribution in [0.15, 0.2) is 72.9 Å². The van der Waals surface area contributed by atoms with E-state index in [4.69, 9.17) is 0 Å². The Labute approximate surface area is 176 Å². The molecule has 0 radical (unpaired) electrons. The van der Waals surface area contributed by atoms with Crippen molar-refractivity contribution in [2.45, 2.75) is 25.7 Å². The molecule has 5 heteroatoms. The minimum atomic E-state index is -0.733. The summed E-state index contributed by atoms with van der Waals surface area (Å²) in [6.45, 7) is 3.05. The topological polar surface area (TPSA) is 46.1 Å². The average Bonchev–Trinajstić information content (AvgIpc) is 2.80. The van der Waals surface area contributed by atoms with Crippen molar-refractivity contribution in [3.05, 3.63) is 89.8 Å². The van der Waals surface area contributed by atoms with E-state index in [9.17, 15) is 9.18 Å². The third kappa shape index (κ3) is 4.46. The molecule has 1 unspecified atom stereocenters. The Morgan fingerprint density at radius 1 is 1.13 bits per heavy atom. The number of aromatic nitrogens is 2. The lowest BCUT2D eigenvalue weighted by Crippen LogP contribution is -2.39. The van der Waals surface area contributed by atoms with Crippen molar-refractivity contribution in [2.75, 3.05) is 13.1 Å². The van der Waals surface area contributed by atoms with Crippen LogP contribution in [0.1, 0.15) is 35.6 Å². The van der Waals surface area contributed by atoms with Crippen molar-refractivity contribution in [3.63, 3.8) is 0 Å². The van der Waals surface area contributed by atoms with Gasteiger partial charge in [-0.2, -0.15) is 0 Å². The Bertz CT molecular complexity index is 1050. The number of rotatable bonds is 4. The fourth-order valence-corrected chi connectivity index (χ4v) is 3.91. The molecule has 1 aliphatic heterocycles. The minimum absolute atomic E-state index is 0.0477. The predicted molar refractivity (Wildman–Crippen MR) is 116 cm³/mol. The van der Waals surface area contributed by atoms with E-state index >= 15 is 0 Å². The molecule has 1 atom stereocenters. The largest absolute Gasteiger partial charge is 0.336 e. The van der Waals surface area contributed by atoms with Gasteiger partial charge in [-0.3, -0.25) is 4.79 Å². The zero-order valence-corrected chi connectivity index (χ0v) is 17.0. The van der Waals surface area contributed by atoms with Gasteiger partial charge in [-0.15, -0.1) is 0 Å². The number of likely N-dealkylation sites (tertiary alicyclic amines) is 1. The van der Waals surface area contributed by atoms with Crippen molar-refractivity contribution < 1.29 is 9.18 Å². The lowest BCUT2D eigenvalue weighted by atomic mass is 9.89. The summed E-state index contributed by atoms with van der Waals surface area (Å²) in [5.41, 5.74) is 4.80. The van der Waals surface area contributed by atoms with E-state index in [2.05, 4.69) is 34.2 Å². The van der Waals surface area contributed by atoms with Crippen LogP contribution in [0.25, 0.3) is 17.2 Å². The molecular weight excluding hydrogens is 377 g/mol. The van der Waals surface area contributed by atoms with Gasteiger partial charge in [0.05, 0.1) is 5.69 Å². The van der Waals surface area contributed by atoms with Gasteiger partial charge in [-0.05, 0) is 37.0 Å². The maximum Gasteiger partial charge on any atom is 0.282 e. The molecule has 0 spiro atoms. The summed E-state index contributed by atoms with van der Waals surface area (Å²) < 4.78 is 14.6. The van der Waals surface area contributed by atoms with Crippen LogP contribution >= 0.6 is 0 Å². The Morgan fingerprint density at radius 3 is 2.67 bits per heavy atom. The minimum Gasteiger partial charge on any atom is -0.336 e. The number of hydrogen-bond donors (Lipinski definition) is 0. The fourth-order valence-electron chi connectivity index (χ4n) is 3.91. The second kappa shape index (κ2) is 8.99. The highest BCUT2D eigenvalue weighted by Gasteiger charge is 2.29. The number of nitrogens with zero attached hydrogens (tertiary/aromatic N) is 3. The van der Waals surface area contributed by atoms with Gasteiger partial charge in [0, 0.05) is 30.8 Å². The number of hydrogen-bond acceptors (Lipinski definition) is 3. The molecular formula is C25H24FN3O. The quantitative estimate of drug-likeness (QED) is 0.567. The van der Waals surface area contributed by atoms with Gasteiger partial charge >= 0.3 is 0 Å². The van der Waals surface area contributed by atoms with Gasteiger partial charge in [0.1, 0.15) is 6.33 Å². The number of carbonyl (C=O) groups excluding carboxylic acids is 1. The first-order chi connectivity index (χ1) is 14.6. The van der Waals surface area contributed by atoms with Gasteiger partial charge in [0.2, 0.25) is 0 Å². The van der Waals surface area contributed by atoms with Crippen molar-refractivity contribution in [1.29, 1.82) is 0 Å². The number of benzene rings is 2. The SMILES string of the molecule is Cc1ccc(-c2cncnc2C2CCCN(C(=O)/C(F)=C/c3ccccc3)C2)cc1. The standard InChI is InChI=1S/C25H24FN3O/c1-18-9-11-20(12-10-18)22-15-27-17-28-24(22)21-8-5-13-29(16-21)25(30)23(26)14-19-6-3-2-4-7-19/h2-4,6-7,9-12,14-15,17,21H,5,8,13,16H2,1H3/b23-14-. The molecule has 1 aromatic heterocycles. The number of aryl methyl sites for hydroxylation is 1. The molecule has 152 valence electrons. The monoisotopic (exact) mass is 401 g/mol. The van der Waals surface area contributed by atoms with Crippen LogP contribution in [0.2, 0.25) is 0 Å². The first kappa shape index (κ1) is 20.0. The third-order valence-corrected chi connectivity index (χ3v) is 5.50. The molecule has 3 aromatic rings. The van der Waals surface area contributed by atoms with Crippen LogP contribution in [0.5, 0.6) is 0 Å². The molecule has 2 heterocycles. The second-order valence-electron chi connectivity index (χ2n) is 7.68. The Hall–Kier alpha value is -3.34. The molecule has 30 heavy (non-hydrogen) atoms. The van der Waals surface area contributed by atoms with E-state index in [0.29, 0.717) is 18.7 Å². The molecule has 4 rings (SSSR count). The summed E-state index contributed by atoms with van der Waals surface area (Å²) >= 11 is 0. The van der Waals surface area contributed by atoms with E-state index < -0.39 is 11.7 Å². The summed E-state index contributed by atoms with van der Waals surface area (Å²) in [5, 5.41) is 0. The van der Waals surface area contributed by atoms with E-state index in [1.165, 1.54) is 11.6 Å². The van der Waals surface area contributed by atoms with Crippen molar-refractivity contribution in [3.8, 4) is 11.1 Å². The molecule has 1 saturated heterocycles. The number of piperidine rings is 1. The predicted octanol–water partition coefficient (Wildman–Crippen LogP) is 5.17. The van der Waals surface area contributed by atoms with Crippen LogP contribution < -0.4 is 0 Å². The first-order valence-corrected chi connectivity index (χ1v) is 10.2. The van der Waals surface area contributed by atoms with Crippen LogP contribution in [-0.2, 0) is 4.79 Å². The van der Waals surface area contributed by atoms with E-state index in [1.54, 1.807) is 23.4 Å². The van der Waals surface area contributed by atoms with Crippen LogP contribution in [0.4, 0.5) is 4.39 Å². The van der Waals surface area contributed by atoms with Crippen LogP contribution in [0, 0.1) is 6.92 Å². The maximum atomic E-state index is 14.6. The van der Waals surface area contributed by atoms with E-state index in [-0.39, 0.29) is 5.92 Å². The molecule has 1 fully saturated rings. The lowest BCUT2D eigenvalue weighted by Gasteiger charge is -2.32. The van der Waals surface area contributed by atoms with Gasteiger partial charge in [-0.1, -0.05) is 60.2 Å². The second-order valence-corrected chi connectivity index (χ2v) is 7.68. The van der Waals surface area contributed by atoms with E-state index in [0.717, 1.165) is 29.7 Å². The number of amides is 1. The van der Waals surface area contributed by atoms with E-state index in [1.807, 2.05) is 31.3 Å². The normalized spacial score (nSPS) is 17.1. The average molecular weight is 401 g/mol. The van der Waals surface area contributed by atoms with Gasteiger partial charge in [-0.25, -0.2) is 14.4 Å². The summed E-state index contributed by atoms with van der Waals surface area (Å²) in [5.74, 6) is -1.25. The summed E-state index contributed by atoms with van der Waals surface area (Å²) in [6, 6.07) is 17.3. The Morgan fingerprint density at radius 2 is 1.90 bits per heavy atom. The maximum absolute atomic E-state index is 14.6. The number of halogens is 1. The molecule has 4 nitrogen and oxygen atoms in total. The highest BCUT2D eigenvalue weighted by molar-refractivity contribution is 5.95. The van der Waals surface area contributed by atoms with Crippen LogP contribution in [0.3, 0.4) is 0 Å². The molecule has 1 aliphatic rings. The van der Waals surface area contributed by atoms with Crippen LogP contribution in [-0.4, -0.2) is 33.9 Å². The van der Waals surface area contributed by atoms with Gasteiger partial charge < -0.3 is 4.90 Å². The third-order valence-electron chi connectivity index (χ3n) is 5.50. The Balaban J connectivity index is 1.56. The first-order valence-electron chi connectivity index (χ1n) is 10.2. The molecule has 0 saturated carbocycles. The summed E-state index contributed by atoms with van der Waals surface area (Å²) in [6.07, 6.45) is 6.39. The Kier molecular flexibility index (Phi) is 5.98. The zero-order chi connectivity index (χ0) is 20.9. The van der Waals surface area contributed by atoms with Crippen molar-refractivity contribution in [1.82, 2.24) is 14.9 Å². The highest BCUT2D eigenvalue weighted by Crippen LogP contribution is 2.33. The summed E-state index contributed by atoms with van der Waals surface area (Å²) in [4.78, 5) is 23.1. The lowest BCUT2D eigenvalue weighted by molar-refractivity contribution is -0.129. The fraction of sp³-hybridized carbons (Fsp3) is 0.240.